The molecule has 2 rings (SSSR count). The van der Waals surface area contributed by atoms with Gasteiger partial charge >= 0.3 is 0 Å². The Kier molecular flexibility index (Phi) is 4.30. The minimum absolute atomic E-state index is 0.113. The van der Waals surface area contributed by atoms with Crippen LogP contribution >= 0.6 is 0 Å². The molecule has 0 unspecified atom stereocenters. The predicted octanol–water partition coefficient (Wildman–Crippen LogP) is 2.08. The lowest BCUT2D eigenvalue weighted by molar-refractivity contribution is -0.125. The van der Waals surface area contributed by atoms with Gasteiger partial charge in [0.15, 0.2) is 17.4 Å². The molecule has 6 nitrogen and oxygen atoms in total. The fraction of sp³-hybridized carbons (Fsp3) is 0.429. The number of halogens is 1. The number of hydrogen-bond donors (Lipinski definition) is 3. The number of anilines is 1. The molecule has 7 heteroatoms. The average Bonchev–Trinajstić information content (AvgIpc) is 2.40. The molecule has 0 aliphatic heterocycles. The molecule has 0 bridgehead atoms. The van der Waals surface area contributed by atoms with Gasteiger partial charge in [-0.25, -0.2) is 4.39 Å². The van der Waals surface area contributed by atoms with E-state index in [-0.39, 0.29) is 11.6 Å². The highest BCUT2D eigenvalue weighted by Crippen LogP contribution is 2.42. The summed E-state index contributed by atoms with van der Waals surface area (Å²) in [5.74, 6) is -0.934. The van der Waals surface area contributed by atoms with E-state index >= 15 is 0 Å². The molecule has 0 saturated heterocycles. The maximum atomic E-state index is 13.7. The van der Waals surface area contributed by atoms with Gasteiger partial charge in [-0.15, -0.1) is 0 Å². The maximum absolute atomic E-state index is 13.7. The van der Waals surface area contributed by atoms with E-state index in [4.69, 9.17) is 15.7 Å². The van der Waals surface area contributed by atoms with Crippen molar-refractivity contribution in [3.05, 3.63) is 24.0 Å². The van der Waals surface area contributed by atoms with Gasteiger partial charge < -0.3 is 21.0 Å². The third-order valence-corrected chi connectivity index (χ3v) is 3.73. The van der Waals surface area contributed by atoms with Crippen LogP contribution in [-0.4, -0.2) is 23.6 Å². The molecule has 4 N–H and O–H groups in total. The lowest BCUT2D eigenvalue weighted by Crippen LogP contribution is -2.51. The number of hydrogen-bond acceptors (Lipinski definition) is 4. The summed E-state index contributed by atoms with van der Waals surface area (Å²) in [7, 11) is 0. The van der Waals surface area contributed by atoms with Crippen molar-refractivity contribution in [1.82, 2.24) is 0 Å². The number of rotatable bonds is 5. The first kappa shape index (κ1) is 15.1. The van der Waals surface area contributed by atoms with Crippen molar-refractivity contribution in [3.8, 4) is 5.75 Å². The number of ether oxygens (including phenoxy) is 1. The second kappa shape index (κ2) is 5.99. The van der Waals surface area contributed by atoms with E-state index in [9.17, 15) is 9.18 Å². The zero-order chi connectivity index (χ0) is 15.5. The van der Waals surface area contributed by atoms with Crippen LogP contribution in [0.4, 0.5) is 10.1 Å². The van der Waals surface area contributed by atoms with Gasteiger partial charge in [0.1, 0.15) is 5.41 Å². The monoisotopic (exact) mass is 295 g/mol. The summed E-state index contributed by atoms with van der Waals surface area (Å²) in [6.07, 6.45) is 1.84. The van der Waals surface area contributed by atoms with Crippen LogP contribution in [0.3, 0.4) is 0 Å². The van der Waals surface area contributed by atoms with Crippen molar-refractivity contribution >= 4 is 17.4 Å². The quantitative estimate of drug-likeness (QED) is 0.335. The SMILES string of the molecule is CCOc1ccc(NC(=O)C2(/C(N)=N/O)CCC2)cc1F. The minimum atomic E-state index is -0.996. The van der Waals surface area contributed by atoms with Gasteiger partial charge in [0.25, 0.3) is 0 Å². The smallest absolute Gasteiger partial charge is 0.238 e. The van der Waals surface area contributed by atoms with Gasteiger partial charge in [-0.1, -0.05) is 11.6 Å². The third-order valence-electron chi connectivity index (χ3n) is 3.73. The Bertz CT molecular complexity index is 571. The van der Waals surface area contributed by atoms with E-state index in [1.54, 1.807) is 13.0 Å². The molecule has 1 amide bonds. The molecule has 114 valence electrons. The second-order valence-corrected chi connectivity index (χ2v) is 4.95. The molecule has 1 saturated carbocycles. The molecule has 1 aromatic rings. The van der Waals surface area contributed by atoms with E-state index < -0.39 is 17.1 Å². The summed E-state index contributed by atoms with van der Waals surface area (Å²) in [6.45, 7) is 2.11. The summed E-state index contributed by atoms with van der Waals surface area (Å²) in [4.78, 5) is 12.3. The summed E-state index contributed by atoms with van der Waals surface area (Å²) >= 11 is 0. The largest absolute Gasteiger partial charge is 0.491 e. The highest BCUT2D eigenvalue weighted by molar-refractivity contribution is 6.12. The normalized spacial score (nSPS) is 17.0. The van der Waals surface area contributed by atoms with Crippen LogP contribution in [-0.2, 0) is 4.79 Å². The maximum Gasteiger partial charge on any atom is 0.238 e. The number of amidine groups is 1. The number of oxime groups is 1. The van der Waals surface area contributed by atoms with Crippen LogP contribution < -0.4 is 15.8 Å². The van der Waals surface area contributed by atoms with Crippen molar-refractivity contribution in [3.63, 3.8) is 0 Å². The third kappa shape index (κ3) is 2.76. The Labute approximate surface area is 121 Å². The van der Waals surface area contributed by atoms with Crippen LogP contribution in [0.5, 0.6) is 5.75 Å². The van der Waals surface area contributed by atoms with Crippen molar-refractivity contribution in [2.24, 2.45) is 16.3 Å². The molecule has 1 aromatic carbocycles. The van der Waals surface area contributed by atoms with Gasteiger partial charge in [0.05, 0.1) is 6.61 Å². The van der Waals surface area contributed by atoms with E-state index in [1.807, 2.05) is 0 Å². The summed E-state index contributed by atoms with van der Waals surface area (Å²) in [5.41, 5.74) is 4.91. The molecule has 1 aliphatic rings. The van der Waals surface area contributed by atoms with Gasteiger partial charge in [-0.2, -0.15) is 0 Å². The molecule has 0 radical (unpaired) electrons. The Morgan fingerprint density at radius 2 is 2.29 bits per heavy atom. The van der Waals surface area contributed by atoms with Crippen molar-refractivity contribution in [1.29, 1.82) is 0 Å². The van der Waals surface area contributed by atoms with E-state index in [0.717, 1.165) is 6.42 Å². The van der Waals surface area contributed by atoms with Gasteiger partial charge in [0, 0.05) is 11.8 Å². The molecule has 21 heavy (non-hydrogen) atoms. The fourth-order valence-corrected chi connectivity index (χ4v) is 2.33. The van der Waals surface area contributed by atoms with Gasteiger partial charge in [-0.05, 0) is 31.9 Å². The first-order valence-corrected chi connectivity index (χ1v) is 6.75. The topological polar surface area (TPSA) is 96.9 Å². The van der Waals surface area contributed by atoms with Crippen molar-refractivity contribution < 1.29 is 19.1 Å². The summed E-state index contributed by atoms with van der Waals surface area (Å²) < 4.78 is 18.8. The molecule has 0 aromatic heterocycles. The lowest BCUT2D eigenvalue weighted by Gasteiger charge is -2.38. The zero-order valence-corrected chi connectivity index (χ0v) is 11.7. The molecule has 0 atom stereocenters. The van der Waals surface area contributed by atoms with Gasteiger partial charge in [0.2, 0.25) is 5.91 Å². The number of carbonyl (C=O) groups excluding carboxylic acids is 1. The van der Waals surface area contributed by atoms with Gasteiger partial charge in [-0.3, -0.25) is 4.79 Å². The van der Waals surface area contributed by atoms with E-state index in [1.165, 1.54) is 12.1 Å². The fourth-order valence-electron chi connectivity index (χ4n) is 2.33. The summed E-state index contributed by atoms with van der Waals surface area (Å²) in [5, 5.41) is 14.3. The Morgan fingerprint density at radius 1 is 1.57 bits per heavy atom. The minimum Gasteiger partial charge on any atom is -0.491 e. The Hall–Kier alpha value is -2.31. The number of nitrogens with two attached hydrogens (primary N) is 1. The molecule has 1 aliphatic carbocycles. The Morgan fingerprint density at radius 3 is 2.76 bits per heavy atom. The highest BCUT2D eigenvalue weighted by atomic mass is 19.1. The standard InChI is InChI=1S/C14H18FN3O3/c1-2-21-11-5-4-9(8-10(11)15)17-13(19)14(6-3-7-14)12(16)18-20/h4-5,8,20H,2-3,6-7H2,1H3,(H2,16,18)(H,17,19). The number of carbonyl (C=O) groups is 1. The number of nitrogens with one attached hydrogen (secondary N) is 1. The first-order valence-electron chi connectivity index (χ1n) is 6.75. The average molecular weight is 295 g/mol. The first-order chi connectivity index (χ1) is 10.0. The molecular formula is C14H18FN3O3. The molecule has 0 heterocycles. The molecule has 0 spiro atoms. The number of amides is 1. The second-order valence-electron chi connectivity index (χ2n) is 4.95. The van der Waals surface area contributed by atoms with Crippen LogP contribution in [0, 0.1) is 11.2 Å². The molecule has 1 fully saturated rings. The Balaban J connectivity index is 2.14. The van der Waals surface area contributed by atoms with E-state index in [2.05, 4.69) is 10.5 Å². The lowest BCUT2D eigenvalue weighted by atomic mass is 9.67. The molecular weight excluding hydrogens is 277 g/mol. The highest BCUT2D eigenvalue weighted by Gasteiger charge is 2.48. The van der Waals surface area contributed by atoms with E-state index in [0.29, 0.717) is 25.1 Å². The number of benzene rings is 1. The van der Waals surface area contributed by atoms with Crippen molar-refractivity contribution in [2.75, 3.05) is 11.9 Å². The van der Waals surface area contributed by atoms with Crippen molar-refractivity contribution in [2.45, 2.75) is 26.2 Å². The number of nitrogens with zero attached hydrogens (tertiary/aromatic N) is 1. The van der Waals surface area contributed by atoms with Crippen LogP contribution in [0.2, 0.25) is 0 Å². The summed E-state index contributed by atoms with van der Waals surface area (Å²) in [6, 6.07) is 4.18. The predicted molar refractivity (Wildman–Crippen MR) is 75.9 cm³/mol. The van der Waals surface area contributed by atoms with Crippen LogP contribution in [0.15, 0.2) is 23.4 Å². The zero-order valence-electron chi connectivity index (χ0n) is 11.7. The van der Waals surface area contributed by atoms with Crippen LogP contribution in [0.25, 0.3) is 0 Å². The van der Waals surface area contributed by atoms with Crippen LogP contribution in [0.1, 0.15) is 26.2 Å².